The second-order valence-corrected chi connectivity index (χ2v) is 7.24. The number of carbonyl (C=O) groups is 2. The van der Waals surface area contributed by atoms with Crippen LogP contribution in [0.25, 0.3) is 5.69 Å². The molecule has 3 N–H and O–H groups in total. The maximum absolute atomic E-state index is 13.8. The summed E-state index contributed by atoms with van der Waals surface area (Å²) in [5, 5.41) is 2.08. The summed E-state index contributed by atoms with van der Waals surface area (Å²) in [5.41, 5.74) is 5.01. The van der Waals surface area contributed by atoms with Crippen LogP contribution in [-0.2, 0) is 0 Å². The fourth-order valence-electron chi connectivity index (χ4n) is 2.61. The van der Waals surface area contributed by atoms with Crippen molar-refractivity contribution in [1.82, 2.24) is 9.88 Å². The van der Waals surface area contributed by atoms with E-state index >= 15 is 0 Å². The fourth-order valence-corrected chi connectivity index (χ4v) is 2.61. The zero-order valence-corrected chi connectivity index (χ0v) is 14.6. The normalized spacial score (nSPS) is 13.5. The lowest BCUT2D eigenvalue weighted by atomic mass is 9.99. The molecule has 136 valence electrons. The molecule has 2 heterocycles. The van der Waals surface area contributed by atoms with E-state index in [0.29, 0.717) is 6.61 Å². The number of aromatic nitrogens is 1. The van der Waals surface area contributed by atoms with Crippen molar-refractivity contribution >= 4 is 17.6 Å². The molecular weight excluding hydrogens is 341 g/mol. The van der Waals surface area contributed by atoms with Gasteiger partial charge in [0.2, 0.25) is 0 Å². The average molecular weight is 359 g/mol. The number of halogens is 1. The Kier molecular flexibility index (Phi) is 4.06. The minimum absolute atomic E-state index is 0.0618. The van der Waals surface area contributed by atoms with Crippen LogP contribution in [-0.4, -0.2) is 23.0 Å². The van der Waals surface area contributed by atoms with E-state index in [0.717, 1.165) is 16.7 Å². The number of ether oxygens (including phenoxy) is 1. The lowest BCUT2D eigenvalue weighted by Crippen LogP contribution is -2.25. The number of anilines is 1. The first-order valence-corrected chi connectivity index (χ1v) is 7.92. The number of pyridine rings is 1. The third-order valence-corrected chi connectivity index (χ3v) is 3.78. The summed E-state index contributed by atoms with van der Waals surface area (Å²) in [7, 11) is 0. The number of hydrogen-bond donors (Lipinski definition) is 2. The number of nitrogens with one attached hydrogen (secondary N) is 1. The van der Waals surface area contributed by atoms with Gasteiger partial charge in [-0.15, -0.1) is 0 Å². The van der Waals surface area contributed by atoms with Gasteiger partial charge in [0.05, 0.1) is 23.4 Å². The van der Waals surface area contributed by atoms with Crippen LogP contribution in [0, 0.1) is 11.2 Å². The summed E-state index contributed by atoms with van der Waals surface area (Å²) < 4.78 is 20.5. The van der Waals surface area contributed by atoms with Crippen molar-refractivity contribution in [2.75, 3.05) is 12.3 Å². The molecule has 0 saturated heterocycles. The van der Waals surface area contributed by atoms with Crippen LogP contribution in [0.5, 0.6) is 5.75 Å². The fraction of sp³-hybridized carbons (Fsp3) is 0.278. The zero-order valence-electron chi connectivity index (χ0n) is 14.6. The van der Waals surface area contributed by atoms with Crippen molar-refractivity contribution < 1.29 is 18.7 Å². The van der Waals surface area contributed by atoms with Gasteiger partial charge in [0.1, 0.15) is 17.4 Å². The molecule has 1 aromatic carbocycles. The molecule has 0 unspecified atom stereocenters. The molecule has 26 heavy (non-hydrogen) atoms. The topological polar surface area (TPSA) is 103 Å². The van der Waals surface area contributed by atoms with E-state index in [-0.39, 0.29) is 33.8 Å². The molecule has 0 spiro atoms. The van der Waals surface area contributed by atoms with Crippen LogP contribution in [0.1, 0.15) is 41.5 Å². The highest BCUT2D eigenvalue weighted by molar-refractivity contribution is 6.23. The van der Waals surface area contributed by atoms with E-state index in [2.05, 4.69) is 5.32 Å². The van der Waals surface area contributed by atoms with Crippen molar-refractivity contribution in [2.45, 2.75) is 20.8 Å². The van der Waals surface area contributed by atoms with Crippen LogP contribution in [0.15, 0.2) is 29.1 Å². The van der Waals surface area contributed by atoms with E-state index in [4.69, 9.17) is 10.5 Å². The molecule has 2 amide bonds. The summed E-state index contributed by atoms with van der Waals surface area (Å²) in [6.45, 7) is 6.19. The lowest BCUT2D eigenvalue weighted by Gasteiger charge is -2.21. The van der Waals surface area contributed by atoms with Crippen molar-refractivity contribution in [3.8, 4) is 11.4 Å². The van der Waals surface area contributed by atoms with Crippen LogP contribution >= 0.6 is 0 Å². The number of amides is 2. The van der Waals surface area contributed by atoms with Crippen LogP contribution < -0.4 is 21.3 Å². The molecule has 3 rings (SSSR count). The summed E-state index contributed by atoms with van der Waals surface area (Å²) in [5.74, 6) is -2.01. The number of nitrogen functional groups attached to an aromatic ring is 1. The first kappa shape index (κ1) is 17.7. The lowest BCUT2D eigenvalue weighted by molar-refractivity contribution is 0.0880. The first-order chi connectivity index (χ1) is 12.1. The van der Waals surface area contributed by atoms with Crippen LogP contribution in [0.2, 0.25) is 0 Å². The largest absolute Gasteiger partial charge is 0.491 e. The highest BCUT2D eigenvalue weighted by atomic mass is 19.1. The first-order valence-electron chi connectivity index (χ1n) is 7.92. The minimum atomic E-state index is -0.704. The molecule has 0 fully saturated rings. The Morgan fingerprint density at radius 3 is 2.50 bits per heavy atom. The predicted molar refractivity (Wildman–Crippen MR) is 93.2 cm³/mol. The van der Waals surface area contributed by atoms with Gasteiger partial charge in [-0.25, -0.2) is 4.39 Å². The van der Waals surface area contributed by atoms with Gasteiger partial charge in [0.15, 0.2) is 0 Å². The van der Waals surface area contributed by atoms with Gasteiger partial charge < -0.3 is 10.5 Å². The number of imide groups is 1. The van der Waals surface area contributed by atoms with Gasteiger partial charge in [0.25, 0.3) is 17.4 Å². The van der Waals surface area contributed by atoms with E-state index in [1.807, 2.05) is 20.8 Å². The highest BCUT2D eigenvalue weighted by Crippen LogP contribution is 2.29. The molecule has 2 aromatic rings. The van der Waals surface area contributed by atoms with Crippen molar-refractivity contribution in [3.05, 3.63) is 51.6 Å². The molecule has 0 radical (unpaired) electrons. The standard InChI is InChI=1S/C18H18FN3O4/c1-18(2,3)8-26-12-5-4-9(19)6-11(12)22-13(23)7-10-14(15(22)20)17(25)21-16(10)24/h4-7H,8,20H2,1-3H3,(H,21,24,25). The smallest absolute Gasteiger partial charge is 0.262 e. The Bertz CT molecular complexity index is 989. The van der Waals surface area contributed by atoms with Gasteiger partial charge >= 0.3 is 0 Å². The Morgan fingerprint density at radius 2 is 1.85 bits per heavy atom. The number of benzene rings is 1. The molecule has 1 aliphatic rings. The number of nitrogens with two attached hydrogens (primary N) is 1. The minimum Gasteiger partial charge on any atom is -0.491 e. The Morgan fingerprint density at radius 1 is 1.15 bits per heavy atom. The number of fused-ring (bicyclic) bond motifs is 1. The number of hydrogen-bond acceptors (Lipinski definition) is 5. The van der Waals surface area contributed by atoms with Gasteiger partial charge in [-0.2, -0.15) is 0 Å². The summed E-state index contributed by atoms with van der Waals surface area (Å²) in [6.07, 6.45) is 0. The van der Waals surface area contributed by atoms with Gasteiger partial charge in [-0.3, -0.25) is 24.3 Å². The Labute approximate surface area is 148 Å². The Balaban J connectivity index is 2.20. The predicted octanol–water partition coefficient (Wildman–Crippen LogP) is 1.87. The third-order valence-electron chi connectivity index (χ3n) is 3.78. The third kappa shape index (κ3) is 3.05. The molecule has 1 aromatic heterocycles. The highest BCUT2D eigenvalue weighted by Gasteiger charge is 2.32. The summed E-state index contributed by atoms with van der Waals surface area (Å²) in [6, 6.07) is 4.69. The van der Waals surface area contributed by atoms with Crippen LogP contribution in [0.3, 0.4) is 0 Å². The molecule has 0 aliphatic carbocycles. The van der Waals surface area contributed by atoms with E-state index < -0.39 is 23.2 Å². The molecule has 7 nitrogen and oxygen atoms in total. The van der Waals surface area contributed by atoms with Gasteiger partial charge in [-0.05, 0) is 17.5 Å². The van der Waals surface area contributed by atoms with E-state index in [9.17, 15) is 18.8 Å². The average Bonchev–Trinajstić information content (AvgIpc) is 2.80. The van der Waals surface area contributed by atoms with E-state index in [1.54, 1.807) is 0 Å². The maximum atomic E-state index is 13.8. The summed E-state index contributed by atoms with van der Waals surface area (Å²) in [4.78, 5) is 36.2. The second-order valence-electron chi connectivity index (χ2n) is 7.24. The maximum Gasteiger partial charge on any atom is 0.262 e. The second kappa shape index (κ2) is 5.98. The molecule has 0 bridgehead atoms. The zero-order chi connectivity index (χ0) is 19.2. The molecular formula is C18H18FN3O4. The van der Waals surface area contributed by atoms with Gasteiger partial charge in [-0.1, -0.05) is 20.8 Å². The molecule has 8 heteroatoms. The van der Waals surface area contributed by atoms with E-state index in [1.165, 1.54) is 12.1 Å². The number of rotatable bonds is 3. The number of carbonyl (C=O) groups excluding carboxylic acids is 2. The quantitative estimate of drug-likeness (QED) is 0.814. The molecule has 1 aliphatic heterocycles. The molecule has 0 atom stereocenters. The van der Waals surface area contributed by atoms with Crippen molar-refractivity contribution in [1.29, 1.82) is 0 Å². The van der Waals surface area contributed by atoms with Crippen LogP contribution in [0.4, 0.5) is 10.2 Å². The number of nitrogens with zero attached hydrogens (tertiary/aromatic N) is 1. The monoisotopic (exact) mass is 359 g/mol. The van der Waals surface area contributed by atoms with Crippen molar-refractivity contribution in [3.63, 3.8) is 0 Å². The van der Waals surface area contributed by atoms with Crippen molar-refractivity contribution in [2.24, 2.45) is 5.41 Å². The summed E-state index contributed by atoms with van der Waals surface area (Å²) >= 11 is 0. The molecule has 0 saturated carbocycles. The Hall–Kier alpha value is -3.16. The van der Waals surface area contributed by atoms with Gasteiger partial charge in [0, 0.05) is 12.1 Å². The SMILES string of the molecule is CC(C)(C)COc1ccc(F)cc1-n1c(N)c2c(cc1=O)C(=O)NC2=O.